The van der Waals surface area contributed by atoms with Crippen LogP contribution in [0.2, 0.25) is 0 Å². The first kappa shape index (κ1) is 20.8. The van der Waals surface area contributed by atoms with E-state index in [4.69, 9.17) is 5.73 Å². The summed E-state index contributed by atoms with van der Waals surface area (Å²) in [6.07, 6.45) is 0. The molecule has 0 bridgehead atoms. The molecule has 0 saturated carbocycles. The van der Waals surface area contributed by atoms with Gasteiger partial charge >= 0.3 is 0 Å². The van der Waals surface area contributed by atoms with Gasteiger partial charge in [-0.3, -0.25) is 4.79 Å². The van der Waals surface area contributed by atoms with Crippen LogP contribution in [0.25, 0.3) is 0 Å². The number of thioether (sulfide) groups is 1. The average molecular weight is 391 g/mol. The van der Waals surface area contributed by atoms with E-state index < -0.39 is 0 Å². The third-order valence-electron chi connectivity index (χ3n) is 4.95. The molecular weight excluding hydrogens is 364 g/mol. The van der Waals surface area contributed by atoms with Gasteiger partial charge in [-0.1, -0.05) is 55.5 Å². The first-order valence-corrected chi connectivity index (χ1v) is 9.89. The van der Waals surface area contributed by atoms with E-state index in [-0.39, 0.29) is 24.2 Å². The molecule has 26 heavy (non-hydrogen) atoms. The summed E-state index contributed by atoms with van der Waals surface area (Å²) in [5.41, 5.74) is 7.28. The smallest absolute Gasteiger partial charge is 0.226 e. The zero-order valence-electron chi connectivity index (χ0n) is 15.1. The summed E-state index contributed by atoms with van der Waals surface area (Å²) in [5.74, 6) is 1.77. The van der Waals surface area contributed by atoms with Crippen molar-refractivity contribution in [1.29, 1.82) is 0 Å². The Morgan fingerprint density at radius 1 is 1.12 bits per heavy atom. The van der Waals surface area contributed by atoms with E-state index in [2.05, 4.69) is 36.4 Å². The quantitative estimate of drug-likeness (QED) is 0.757. The lowest BCUT2D eigenvalue weighted by Crippen LogP contribution is -2.35. The lowest BCUT2D eigenvalue weighted by molar-refractivity contribution is -0.133. The zero-order chi connectivity index (χ0) is 17.6. The Kier molecular flexibility index (Phi) is 8.01. The molecule has 5 heteroatoms. The van der Waals surface area contributed by atoms with Gasteiger partial charge in [-0.2, -0.15) is 0 Å². The normalized spacial score (nSPS) is 20.5. The van der Waals surface area contributed by atoms with Gasteiger partial charge in [0.2, 0.25) is 5.91 Å². The third kappa shape index (κ3) is 5.03. The summed E-state index contributed by atoms with van der Waals surface area (Å²) in [6, 6.07) is 20.7. The van der Waals surface area contributed by atoms with Crippen LogP contribution in [0.5, 0.6) is 0 Å². The Hall–Kier alpha value is -1.49. The maximum absolute atomic E-state index is 12.9. The van der Waals surface area contributed by atoms with Gasteiger partial charge < -0.3 is 10.6 Å². The van der Waals surface area contributed by atoms with Crippen molar-refractivity contribution in [2.45, 2.75) is 17.7 Å². The SMILES string of the molecule is CC(CSc1ccccc1)C(=O)N1C[C@@H](CN)[C@H](c2ccccc2)C1.Cl. The highest BCUT2D eigenvalue weighted by Crippen LogP contribution is 2.33. The lowest BCUT2D eigenvalue weighted by atomic mass is 9.89. The summed E-state index contributed by atoms with van der Waals surface area (Å²) in [5, 5.41) is 0. The zero-order valence-corrected chi connectivity index (χ0v) is 16.7. The first-order valence-electron chi connectivity index (χ1n) is 8.90. The molecule has 1 aliphatic rings. The number of benzene rings is 2. The van der Waals surface area contributed by atoms with Crippen LogP contribution in [0.1, 0.15) is 18.4 Å². The van der Waals surface area contributed by atoms with Gasteiger partial charge in [-0.05, 0) is 30.2 Å². The Morgan fingerprint density at radius 3 is 2.35 bits per heavy atom. The number of carbonyl (C=O) groups excluding carboxylic acids is 1. The number of amides is 1. The Bertz CT molecular complexity index is 683. The van der Waals surface area contributed by atoms with Crippen molar-refractivity contribution in [1.82, 2.24) is 4.90 Å². The summed E-state index contributed by atoms with van der Waals surface area (Å²) in [6.45, 7) is 4.21. The molecule has 1 unspecified atom stereocenters. The van der Waals surface area contributed by atoms with Crippen LogP contribution >= 0.6 is 24.2 Å². The van der Waals surface area contributed by atoms with Crippen molar-refractivity contribution < 1.29 is 4.79 Å². The second kappa shape index (κ2) is 10.0. The largest absolute Gasteiger partial charge is 0.341 e. The minimum Gasteiger partial charge on any atom is -0.341 e. The molecule has 2 aromatic carbocycles. The van der Waals surface area contributed by atoms with E-state index in [1.54, 1.807) is 11.8 Å². The number of rotatable bonds is 6. The molecule has 2 aromatic rings. The van der Waals surface area contributed by atoms with Gasteiger partial charge in [-0.25, -0.2) is 0 Å². The summed E-state index contributed by atoms with van der Waals surface area (Å²) < 4.78 is 0. The van der Waals surface area contributed by atoms with Crippen LogP contribution in [0.4, 0.5) is 0 Å². The van der Waals surface area contributed by atoms with Gasteiger partial charge in [0.15, 0.2) is 0 Å². The van der Waals surface area contributed by atoms with E-state index in [0.29, 0.717) is 18.4 Å². The lowest BCUT2D eigenvalue weighted by Gasteiger charge is -2.21. The molecule has 1 fully saturated rings. The molecule has 1 heterocycles. The fourth-order valence-electron chi connectivity index (χ4n) is 3.49. The van der Waals surface area contributed by atoms with E-state index in [0.717, 1.165) is 18.8 Å². The second-order valence-electron chi connectivity index (χ2n) is 6.78. The van der Waals surface area contributed by atoms with E-state index >= 15 is 0 Å². The molecule has 0 aromatic heterocycles. The minimum absolute atomic E-state index is 0. The third-order valence-corrected chi connectivity index (χ3v) is 6.22. The molecule has 0 spiro atoms. The van der Waals surface area contributed by atoms with Gasteiger partial charge in [-0.15, -0.1) is 24.2 Å². The maximum atomic E-state index is 12.9. The molecule has 3 rings (SSSR count). The molecule has 1 amide bonds. The Morgan fingerprint density at radius 2 is 1.73 bits per heavy atom. The fourth-order valence-corrected chi connectivity index (χ4v) is 4.42. The van der Waals surface area contributed by atoms with Crippen LogP contribution < -0.4 is 5.73 Å². The van der Waals surface area contributed by atoms with Crippen molar-refractivity contribution in [2.24, 2.45) is 17.6 Å². The average Bonchev–Trinajstić information content (AvgIpc) is 3.11. The van der Waals surface area contributed by atoms with Gasteiger partial charge in [0.05, 0.1) is 0 Å². The summed E-state index contributed by atoms with van der Waals surface area (Å²) in [7, 11) is 0. The number of halogens is 1. The van der Waals surface area contributed by atoms with Crippen molar-refractivity contribution in [3.8, 4) is 0 Å². The standard InChI is InChI=1S/C21H26N2OS.ClH/c1-16(15-25-19-10-6-3-7-11-19)21(24)23-13-18(12-22)20(14-23)17-8-4-2-5-9-17;/h2-11,16,18,20H,12-15,22H2,1H3;1H/t16?,18-,20+;/m1./s1. The number of likely N-dealkylation sites (tertiary alicyclic amines) is 1. The molecule has 140 valence electrons. The Labute approximate surface area is 166 Å². The number of hydrogen-bond acceptors (Lipinski definition) is 3. The highest BCUT2D eigenvalue weighted by atomic mass is 35.5. The van der Waals surface area contributed by atoms with Crippen LogP contribution in [-0.4, -0.2) is 36.2 Å². The second-order valence-corrected chi connectivity index (χ2v) is 7.87. The first-order chi connectivity index (χ1) is 12.2. The fraction of sp³-hybridized carbons (Fsp3) is 0.381. The van der Waals surface area contributed by atoms with Crippen LogP contribution in [0, 0.1) is 11.8 Å². The predicted octanol–water partition coefficient (Wildman–Crippen LogP) is 4.04. The van der Waals surface area contributed by atoms with Gasteiger partial charge in [0, 0.05) is 35.6 Å². The molecule has 3 atom stereocenters. The Balaban J connectivity index is 0.00000243. The number of hydrogen-bond donors (Lipinski definition) is 1. The number of nitrogens with zero attached hydrogens (tertiary/aromatic N) is 1. The van der Waals surface area contributed by atoms with E-state index in [1.165, 1.54) is 10.5 Å². The molecule has 0 aliphatic carbocycles. The van der Waals surface area contributed by atoms with E-state index in [9.17, 15) is 4.79 Å². The molecule has 0 radical (unpaired) electrons. The van der Waals surface area contributed by atoms with Gasteiger partial charge in [0.1, 0.15) is 0 Å². The molecule has 1 aliphatic heterocycles. The summed E-state index contributed by atoms with van der Waals surface area (Å²) in [4.78, 5) is 16.1. The van der Waals surface area contributed by atoms with Crippen molar-refractivity contribution in [3.63, 3.8) is 0 Å². The maximum Gasteiger partial charge on any atom is 0.226 e. The van der Waals surface area contributed by atoms with Crippen LogP contribution in [-0.2, 0) is 4.79 Å². The summed E-state index contributed by atoms with van der Waals surface area (Å²) >= 11 is 1.75. The molecule has 1 saturated heterocycles. The highest BCUT2D eigenvalue weighted by molar-refractivity contribution is 7.99. The van der Waals surface area contributed by atoms with Crippen molar-refractivity contribution >= 4 is 30.1 Å². The molecular formula is C21H27ClN2OS. The highest BCUT2D eigenvalue weighted by Gasteiger charge is 2.36. The van der Waals surface area contributed by atoms with E-state index in [1.807, 2.05) is 36.1 Å². The molecule has 2 N–H and O–H groups in total. The predicted molar refractivity (Wildman–Crippen MR) is 112 cm³/mol. The minimum atomic E-state index is 0. The van der Waals surface area contributed by atoms with Crippen LogP contribution in [0.3, 0.4) is 0 Å². The van der Waals surface area contributed by atoms with Crippen molar-refractivity contribution in [3.05, 3.63) is 66.2 Å². The van der Waals surface area contributed by atoms with Crippen LogP contribution in [0.15, 0.2) is 65.6 Å². The number of nitrogens with two attached hydrogens (primary N) is 1. The molecule has 3 nitrogen and oxygen atoms in total. The van der Waals surface area contributed by atoms with Crippen molar-refractivity contribution in [2.75, 3.05) is 25.4 Å². The monoisotopic (exact) mass is 390 g/mol. The van der Waals surface area contributed by atoms with Gasteiger partial charge in [0.25, 0.3) is 0 Å². The topological polar surface area (TPSA) is 46.3 Å². The number of carbonyl (C=O) groups is 1.